The summed E-state index contributed by atoms with van der Waals surface area (Å²) in [7, 11) is 0. The predicted octanol–water partition coefficient (Wildman–Crippen LogP) is 5.16. The first-order chi connectivity index (χ1) is 13.3. The second-order valence-electron chi connectivity index (χ2n) is 6.11. The molecule has 4 rings (SSSR count). The SMILES string of the molecule is CCCc1ncnc2ccc(-c3cncc(NSc4ccccc4)c3)nc12. The Morgan fingerprint density at radius 1 is 1.00 bits per heavy atom. The molecule has 0 unspecified atom stereocenters. The van der Waals surface area contributed by atoms with Crippen LogP contribution >= 0.6 is 11.9 Å². The van der Waals surface area contributed by atoms with Crippen molar-refractivity contribution in [3.05, 3.63) is 72.9 Å². The number of aromatic nitrogens is 4. The molecule has 0 aliphatic carbocycles. The minimum Gasteiger partial charge on any atom is -0.324 e. The maximum absolute atomic E-state index is 4.82. The van der Waals surface area contributed by atoms with E-state index in [-0.39, 0.29) is 0 Å². The molecule has 1 aromatic carbocycles. The molecule has 6 heteroatoms. The summed E-state index contributed by atoms with van der Waals surface area (Å²) in [6.07, 6.45) is 7.17. The van der Waals surface area contributed by atoms with Crippen molar-refractivity contribution >= 4 is 28.7 Å². The van der Waals surface area contributed by atoms with Crippen LogP contribution in [0.4, 0.5) is 5.69 Å². The van der Waals surface area contributed by atoms with E-state index in [0.717, 1.165) is 51.4 Å². The van der Waals surface area contributed by atoms with Gasteiger partial charge in [-0.05, 0) is 48.7 Å². The summed E-state index contributed by atoms with van der Waals surface area (Å²) in [5.41, 5.74) is 5.50. The lowest BCUT2D eigenvalue weighted by Gasteiger charge is -2.08. The average molecular weight is 373 g/mol. The normalized spacial score (nSPS) is 10.9. The first-order valence-corrected chi connectivity index (χ1v) is 9.69. The van der Waals surface area contributed by atoms with Gasteiger partial charge >= 0.3 is 0 Å². The van der Waals surface area contributed by atoms with Crippen LogP contribution < -0.4 is 4.72 Å². The molecule has 0 saturated heterocycles. The number of anilines is 1. The molecule has 5 nitrogen and oxygen atoms in total. The standard InChI is InChI=1S/C21H19N5S/c1-2-6-19-21-20(24-14-23-19)10-9-18(25-21)15-11-16(13-22-12-15)26-27-17-7-4-3-5-8-17/h3-5,7-14,26H,2,6H2,1H3. The highest BCUT2D eigenvalue weighted by Crippen LogP contribution is 2.26. The molecule has 0 saturated carbocycles. The number of hydrogen-bond acceptors (Lipinski definition) is 6. The summed E-state index contributed by atoms with van der Waals surface area (Å²) in [5, 5.41) is 0. The average Bonchev–Trinajstić information content (AvgIpc) is 2.73. The van der Waals surface area contributed by atoms with E-state index in [2.05, 4.69) is 44.8 Å². The molecule has 0 radical (unpaired) electrons. The topological polar surface area (TPSA) is 63.6 Å². The van der Waals surface area contributed by atoms with E-state index >= 15 is 0 Å². The van der Waals surface area contributed by atoms with Gasteiger partial charge in [-0.3, -0.25) is 4.98 Å². The Morgan fingerprint density at radius 3 is 2.74 bits per heavy atom. The number of aryl methyl sites for hydroxylation is 1. The van der Waals surface area contributed by atoms with Crippen LogP contribution in [0.2, 0.25) is 0 Å². The van der Waals surface area contributed by atoms with Gasteiger partial charge in [-0.2, -0.15) is 0 Å². The van der Waals surface area contributed by atoms with E-state index in [1.165, 1.54) is 0 Å². The van der Waals surface area contributed by atoms with E-state index in [1.54, 1.807) is 18.3 Å². The predicted molar refractivity (Wildman–Crippen MR) is 110 cm³/mol. The quantitative estimate of drug-likeness (QED) is 0.471. The zero-order valence-corrected chi connectivity index (χ0v) is 15.8. The van der Waals surface area contributed by atoms with Crippen LogP contribution in [-0.4, -0.2) is 19.9 Å². The molecule has 0 atom stereocenters. The van der Waals surface area contributed by atoms with Crippen molar-refractivity contribution < 1.29 is 0 Å². The third-order valence-electron chi connectivity index (χ3n) is 4.11. The van der Waals surface area contributed by atoms with Crippen LogP contribution in [0.3, 0.4) is 0 Å². The molecule has 4 aromatic rings. The Morgan fingerprint density at radius 2 is 1.89 bits per heavy atom. The van der Waals surface area contributed by atoms with Gasteiger partial charge in [-0.25, -0.2) is 15.0 Å². The number of benzene rings is 1. The highest BCUT2D eigenvalue weighted by molar-refractivity contribution is 8.00. The van der Waals surface area contributed by atoms with Crippen molar-refractivity contribution in [2.45, 2.75) is 24.7 Å². The van der Waals surface area contributed by atoms with E-state index in [1.807, 2.05) is 42.7 Å². The highest BCUT2D eigenvalue weighted by atomic mass is 32.2. The van der Waals surface area contributed by atoms with Crippen LogP contribution in [0.25, 0.3) is 22.3 Å². The molecule has 0 amide bonds. The van der Waals surface area contributed by atoms with E-state index in [9.17, 15) is 0 Å². The summed E-state index contributed by atoms with van der Waals surface area (Å²) < 4.78 is 3.34. The van der Waals surface area contributed by atoms with Crippen LogP contribution in [0.15, 0.2) is 72.1 Å². The van der Waals surface area contributed by atoms with Crippen LogP contribution in [0.1, 0.15) is 19.0 Å². The zero-order valence-electron chi connectivity index (χ0n) is 15.0. The lowest BCUT2D eigenvalue weighted by Crippen LogP contribution is -1.97. The molecule has 134 valence electrons. The first kappa shape index (κ1) is 17.4. The second-order valence-corrected chi connectivity index (χ2v) is 6.99. The molecular formula is C21H19N5S. The number of pyridine rings is 2. The van der Waals surface area contributed by atoms with Crippen molar-refractivity contribution in [3.63, 3.8) is 0 Å². The third kappa shape index (κ3) is 4.06. The van der Waals surface area contributed by atoms with Crippen LogP contribution in [0, 0.1) is 0 Å². The molecule has 3 heterocycles. The maximum atomic E-state index is 4.82. The van der Waals surface area contributed by atoms with Crippen molar-refractivity contribution in [3.8, 4) is 11.3 Å². The van der Waals surface area contributed by atoms with Crippen LogP contribution in [0.5, 0.6) is 0 Å². The minimum absolute atomic E-state index is 0.869. The summed E-state index contributed by atoms with van der Waals surface area (Å²) in [6, 6.07) is 16.2. The van der Waals surface area contributed by atoms with Crippen molar-refractivity contribution in [2.75, 3.05) is 4.72 Å². The van der Waals surface area contributed by atoms with Gasteiger partial charge in [0, 0.05) is 16.7 Å². The lowest BCUT2D eigenvalue weighted by atomic mass is 10.1. The zero-order chi connectivity index (χ0) is 18.5. The largest absolute Gasteiger partial charge is 0.324 e. The Balaban J connectivity index is 1.62. The number of nitrogens with one attached hydrogen (secondary N) is 1. The summed E-state index contributed by atoms with van der Waals surface area (Å²) in [6.45, 7) is 2.14. The Hall–Kier alpha value is -2.99. The van der Waals surface area contributed by atoms with Gasteiger partial charge in [0.25, 0.3) is 0 Å². The van der Waals surface area contributed by atoms with E-state index < -0.39 is 0 Å². The lowest BCUT2D eigenvalue weighted by molar-refractivity contribution is 0.882. The molecule has 3 aromatic heterocycles. The number of fused-ring (bicyclic) bond motifs is 1. The first-order valence-electron chi connectivity index (χ1n) is 8.87. The number of hydrogen-bond donors (Lipinski definition) is 1. The molecule has 0 bridgehead atoms. The van der Waals surface area contributed by atoms with Crippen LogP contribution in [-0.2, 0) is 6.42 Å². The summed E-state index contributed by atoms with van der Waals surface area (Å²) in [5.74, 6) is 0. The summed E-state index contributed by atoms with van der Waals surface area (Å²) in [4.78, 5) is 19.1. The monoisotopic (exact) mass is 373 g/mol. The number of nitrogens with zero attached hydrogens (tertiary/aromatic N) is 4. The van der Waals surface area contributed by atoms with Gasteiger partial charge in [0.05, 0.1) is 28.8 Å². The minimum atomic E-state index is 0.869. The smallest absolute Gasteiger partial charge is 0.116 e. The Bertz CT molecular complexity index is 1050. The summed E-state index contributed by atoms with van der Waals surface area (Å²) >= 11 is 1.56. The third-order valence-corrected chi connectivity index (χ3v) is 4.95. The maximum Gasteiger partial charge on any atom is 0.116 e. The van der Waals surface area contributed by atoms with Crippen molar-refractivity contribution in [1.82, 2.24) is 19.9 Å². The van der Waals surface area contributed by atoms with Gasteiger partial charge in [0.2, 0.25) is 0 Å². The van der Waals surface area contributed by atoms with E-state index in [4.69, 9.17) is 4.98 Å². The molecule has 27 heavy (non-hydrogen) atoms. The number of rotatable bonds is 6. The fraction of sp³-hybridized carbons (Fsp3) is 0.143. The molecular weight excluding hydrogens is 354 g/mol. The molecule has 0 spiro atoms. The fourth-order valence-electron chi connectivity index (χ4n) is 2.81. The molecule has 0 aliphatic rings. The van der Waals surface area contributed by atoms with Gasteiger partial charge in [-0.1, -0.05) is 31.5 Å². The highest BCUT2D eigenvalue weighted by Gasteiger charge is 2.08. The van der Waals surface area contributed by atoms with Gasteiger partial charge in [-0.15, -0.1) is 0 Å². The molecule has 0 aliphatic heterocycles. The van der Waals surface area contributed by atoms with E-state index in [0.29, 0.717) is 0 Å². The van der Waals surface area contributed by atoms with Gasteiger partial charge < -0.3 is 4.72 Å². The molecule has 0 fully saturated rings. The van der Waals surface area contributed by atoms with Crippen molar-refractivity contribution in [1.29, 1.82) is 0 Å². The van der Waals surface area contributed by atoms with Crippen molar-refractivity contribution in [2.24, 2.45) is 0 Å². The van der Waals surface area contributed by atoms with Gasteiger partial charge in [0.1, 0.15) is 11.8 Å². The van der Waals surface area contributed by atoms with Gasteiger partial charge in [0.15, 0.2) is 0 Å². The second kappa shape index (κ2) is 8.14. The fourth-order valence-corrected chi connectivity index (χ4v) is 3.45. The molecule has 1 N–H and O–H groups in total. The Labute approximate surface area is 162 Å². The Kier molecular flexibility index (Phi) is 5.25.